The molecule has 1 aliphatic rings. The number of aliphatic hydroxyl groups is 4. The number of allylic oxidation sites excluding steroid dienone is 12. The second kappa shape index (κ2) is 35.5. The minimum atomic E-state index is -1.61. The maximum absolute atomic E-state index is 12.7. The van der Waals surface area contributed by atoms with Gasteiger partial charge in [0.25, 0.3) is 0 Å². The standard InChI is InChI=1S/C45H74O10/c1-3-5-7-9-11-13-15-16-17-18-19-20-21-22-24-26-28-30-32-34-41(48)54-38(37-53-45-44(51)43(50)42(49)39(35-46)55-45)36-52-40(47)33-31-29-27-25-23-14-12-10-8-6-4-2/h5,7,10-13,16-17,19-20,22,24,38-39,42-46,49-51H,3-4,6,8-9,14-15,18,21,23,25-37H2,1-2H3/b7-5-,12-10-,13-11-,17-16-,20-19-,24-22-. The molecule has 6 unspecified atom stereocenters. The number of unbranched alkanes of at least 4 members (excludes halogenated alkanes) is 10. The van der Waals surface area contributed by atoms with Crippen LogP contribution in [0, 0.1) is 0 Å². The summed E-state index contributed by atoms with van der Waals surface area (Å²) in [7, 11) is 0. The minimum absolute atomic E-state index is 0.185. The molecule has 314 valence electrons. The van der Waals surface area contributed by atoms with Gasteiger partial charge in [0.2, 0.25) is 0 Å². The average molecular weight is 775 g/mol. The molecular formula is C45H74O10. The summed E-state index contributed by atoms with van der Waals surface area (Å²) in [4.78, 5) is 25.2. The molecule has 0 saturated carbocycles. The molecule has 55 heavy (non-hydrogen) atoms. The van der Waals surface area contributed by atoms with Crippen LogP contribution in [0.2, 0.25) is 0 Å². The van der Waals surface area contributed by atoms with Gasteiger partial charge in [-0.1, -0.05) is 125 Å². The van der Waals surface area contributed by atoms with Gasteiger partial charge >= 0.3 is 11.9 Å². The van der Waals surface area contributed by atoms with Gasteiger partial charge < -0.3 is 39.4 Å². The zero-order valence-electron chi connectivity index (χ0n) is 33.9. The molecule has 0 aliphatic carbocycles. The van der Waals surface area contributed by atoms with Gasteiger partial charge in [0.05, 0.1) is 13.2 Å². The van der Waals surface area contributed by atoms with Gasteiger partial charge in [-0.25, -0.2) is 0 Å². The van der Waals surface area contributed by atoms with Crippen LogP contribution in [0.15, 0.2) is 72.9 Å². The highest BCUT2D eigenvalue weighted by atomic mass is 16.7. The van der Waals surface area contributed by atoms with E-state index in [4.69, 9.17) is 18.9 Å². The van der Waals surface area contributed by atoms with Crippen molar-refractivity contribution in [1.82, 2.24) is 0 Å². The lowest BCUT2D eigenvalue weighted by atomic mass is 9.99. The first kappa shape index (κ1) is 50.2. The summed E-state index contributed by atoms with van der Waals surface area (Å²) < 4.78 is 22.0. The van der Waals surface area contributed by atoms with E-state index in [1.165, 1.54) is 12.8 Å². The van der Waals surface area contributed by atoms with Crippen LogP contribution in [-0.2, 0) is 28.5 Å². The number of carbonyl (C=O) groups is 2. The molecule has 1 fully saturated rings. The molecule has 0 spiro atoms. The zero-order valence-corrected chi connectivity index (χ0v) is 33.9. The molecule has 0 amide bonds. The number of rotatable bonds is 33. The molecular weight excluding hydrogens is 700 g/mol. The molecule has 0 aromatic carbocycles. The predicted molar refractivity (Wildman–Crippen MR) is 219 cm³/mol. The van der Waals surface area contributed by atoms with E-state index in [0.29, 0.717) is 12.8 Å². The van der Waals surface area contributed by atoms with Crippen LogP contribution in [0.5, 0.6) is 0 Å². The summed E-state index contributed by atoms with van der Waals surface area (Å²) in [6.45, 7) is 3.20. The smallest absolute Gasteiger partial charge is 0.306 e. The van der Waals surface area contributed by atoms with E-state index < -0.39 is 55.4 Å². The van der Waals surface area contributed by atoms with E-state index in [0.717, 1.165) is 89.9 Å². The lowest BCUT2D eigenvalue weighted by molar-refractivity contribution is -0.305. The number of ether oxygens (including phenoxy) is 4. The summed E-state index contributed by atoms with van der Waals surface area (Å²) in [5, 5.41) is 40.0. The second-order valence-corrected chi connectivity index (χ2v) is 14.1. The van der Waals surface area contributed by atoms with Crippen molar-refractivity contribution < 1.29 is 49.0 Å². The lowest BCUT2D eigenvalue weighted by Crippen LogP contribution is -2.59. The van der Waals surface area contributed by atoms with Crippen LogP contribution in [0.3, 0.4) is 0 Å². The van der Waals surface area contributed by atoms with E-state index in [2.05, 4.69) is 86.8 Å². The normalized spacial score (nSPS) is 21.3. The molecule has 6 atom stereocenters. The predicted octanol–water partition coefficient (Wildman–Crippen LogP) is 8.44. The van der Waals surface area contributed by atoms with Gasteiger partial charge in [-0.15, -0.1) is 0 Å². The minimum Gasteiger partial charge on any atom is -0.462 e. The van der Waals surface area contributed by atoms with Crippen molar-refractivity contribution in [3.8, 4) is 0 Å². The maximum Gasteiger partial charge on any atom is 0.306 e. The number of hydrogen-bond acceptors (Lipinski definition) is 10. The Morgan fingerprint density at radius 3 is 1.65 bits per heavy atom. The van der Waals surface area contributed by atoms with E-state index in [1.54, 1.807) is 0 Å². The summed E-state index contributed by atoms with van der Waals surface area (Å²) in [6.07, 6.45) is 36.2. The van der Waals surface area contributed by atoms with Crippen LogP contribution in [-0.4, -0.2) is 89.0 Å². The SMILES string of the molecule is CC/C=C\C/C=C\C/C=C\C/C=C\C/C=C\CCCCCC(=O)OC(COC(=O)CCCCCCC/C=C\CCCC)COC1OC(CO)C(O)C(O)C1O. The highest BCUT2D eigenvalue weighted by Crippen LogP contribution is 2.22. The monoisotopic (exact) mass is 775 g/mol. The molecule has 0 aromatic rings. The maximum atomic E-state index is 12.7. The fourth-order valence-corrected chi connectivity index (χ4v) is 5.72. The van der Waals surface area contributed by atoms with Gasteiger partial charge in [-0.3, -0.25) is 9.59 Å². The average Bonchev–Trinajstić information content (AvgIpc) is 3.18. The molecule has 0 aromatic heterocycles. The topological polar surface area (TPSA) is 152 Å². The van der Waals surface area contributed by atoms with Crippen LogP contribution in [0.25, 0.3) is 0 Å². The van der Waals surface area contributed by atoms with Gasteiger partial charge in [-0.2, -0.15) is 0 Å². The molecule has 1 heterocycles. The Morgan fingerprint density at radius 1 is 0.582 bits per heavy atom. The van der Waals surface area contributed by atoms with Gasteiger partial charge in [0, 0.05) is 12.8 Å². The molecule has 1 rings (SSSR count). The number of hydrogen-bond donors (Lipinski definition) is 4. The molecule has 0 bridgehead atoms. The Morgan fingerprint density at radius 2 is 1.07 bits per heavy atom. The zero-order chi connectivity index (χ0) is 40.2. The van der Waals surface area contributed by atoms with Crippen molar-refractivity contribution in [3.63, 3.8) is 0 Å². The highest BCUT2D eigenvalue weighted by Gasteiger charge is 2.44. The Hall–Kier alpha value is -2.86. The molecule has 0 radical (unpaired) electrons. The quantitative estimate of drug-likeness (QED) is 0.0291. The fraction of sp³-hybridized carbons (Fsp3) is 0.689. The van der Waals surface area contributed by atoms with Crippen molar-refractivity contribution in [1.29, 1.82) is 0 Å². The molecule has 1 saturated heterocycles. The molecule has 10 nitrogen and oxygen atoms in total. The first-order valence-corrected chi connectivity index (χ1v) is 21.0. The van der Waals surface area contributed by atoms with Crippen LogP contribution in [0.4, 0.5) is 0 Å². The van der Waals surface area contributed by atoms with E-state index >= 15 is 0 Å². The summed E-state index contributed by atoms with van der Waals surface area (Å²) in [6, 6.07) is 0. The Balaban J connectivity index is 2.39. The summed E-state index contributed by atoms with van der Waals surface area (Å²) in [5.41, 5.74) is 0. The number of carbonyl (C=O) groups excluding carboxylic acids is 2. The second-order valence-electron chi connectivity index (χ2n) is 14.1. The largest absolute Gasteiger partial charge is 0.462 e. The van der Waals surface area contributed by atoms with Crippen molar-refractivity contribution in [2.24, 2.45) is 0 Å². The van der Waals surface area contributed by atoms with Crippen molar-refractivity contribution >= 4 is 11.9 Å². The Kier molecular flexibility index (Phi) is 32.4. The highest BCUT2D eigenvalue weighted by molar-refractivity contribution is 5.70. The first-order valence-electron chi connectivity index (χ1n) is 21.0. The van der Waals surface area contributed by atoms with Crippen LogP contribution in [0.1, 0.15) is 142 Å². The van der Waals surface area contributed by atoms with Gasteiger partial charge in [0.15, 0.2) is 12.4 Å². The molecule has 10 heteroatoms. The van der Waals surface area contributed by atoms with Gasteiger partial charge in [-0.05, 0) is 77.0 Å². The fourth-order valence-electron chi connectivity index (χ4n) is 5.72. The summed E-state index contributed by atoms with van der Waals surface area (Å²) >= 11 is 0. The Labute approximate surface area is 332 Å². The van der Waals surface area contributed by atoms with E-state index in [1.807, 2.05) is 0 Å². The van der Waals surface area contributed by atoms with E-state index in [-0.39, 0.29) is 26.1 Å². The lowest BCUT2D eigenvalue weighted by Gasteiger charge is -2.39. The van der Waals surface area contributed by atoms with E-state index in [9.17, 15) is 30.0 Å². The number of esters is 2. The third kappa shape index (κ3) is 27.4. The van der Waals surface area contributed by atoms with Crippen molar-refractivity contribution in [2.45, 2.75) is 179 Å². The Bertz CT molecular complexity index is 1120. The summed E-state index contributed by atoms with van der Waals surface area (Å²) in [5.74, 6) is -0.865. The molecule has 4 N–H and O–H groups in total. The van der Waals surface area contributed by atoms with Crippen LogP contribution >= 0.6 is 0 Å². The third-order valence-electron chi connectivity index (χ3n) is 9.08. The van der Waals surface area contributed by atoms with Crippen LogP contribution < -0.4 is 0 Å². The van der Waals surface area contributed by atoms with Crippen molar-refractivity contribution in [2.75, 3.05) is 19.8 Å². The first-order chi connectivity index (χ1) is 26.8. The van der Waals surface area contributed by atoms with Crippen molar-refractivity contribution in [3.05, 3.63) is 72.9 Å². The van der Waals surface area contributed by atoms with Gasteiger partial charge in [0.1, 0.15) is 31.0 Å². The molecule has 1 aliphatic heterocycles. The number of aliphatic hydroxyl groups excluding tert-OH is 4. The third-order valence-corrected chi connectivity index (χ3v) is 9.08.